The second-order valence-electron chi connectivity index (χ2n) is 6.44. The number of rotatable bonds is 3. The van der Waals surface area contributed by atoms with Crippen molar-refractivity contribution in [2.45, 2.75) is 52.5 Å². The van der Waals surface area contributed by atoms with Gasteiger partial charge in [-0.1, -0.05) is 39.0 Å². The quantitative estimate of drug-likeness (QED) is 0.889. The Morgan fingerprint density at radius 2 is 1.94 bits per heavy atom. The first-order valence-corrected chi connectivity index (χ1v) is 6.77. The van der Waals surface area contributed by atoms with Crippen molar-refractivity contribution in [3.63, 3.8) is 0 Å². The molecular formula is C16H23NO. The van der Waals surface area contributed by atoms with E-state index in [1.165, 1.54) is 24.0 Å². The minimum absolute atomic E-state index is 0.139. The molecular weight excluding hydrogens is 222 g/mol. The molecule has 0 heterocycles. The third-order valence-electron chi connectivity index (χ3n) is 3.82. The molecule has 2 N–H and O–H groups in total. The zero-order valence-corrected chi connectivity index (χ0v) is 11.6. The number of aryl methyl sites for hydroxylation is 2. The van der Waals surface area contributed by atoms with E-state index in [9.17, 15) is 4.79 Å². The van der Waals surface area contributed by atoms with E-state index in [1.807, 2.05) is 20.8 Å². The second-order valence-corrected chi connectivity index (χ2v) is 6.44. The van der Waals surface area contributed by atoms with Gasteiger partial charge >= 0.3 is 0 Å². The van der Waals surface area contributed by atoms with Crippen molar-refractivity contribution in [3.8, 4) is 0 Å². The zero-order chi connectivity index (χ0) is 13.3. The maximum atomic E-state index is 12.1. The van der Waals surface area contributed by atoms with E-state index in [1.54, 1.807) is 0 Å². The molecule has 1 aromatic rings. The van der Waals surface area contributed by atoms with Crippen LogP contribution in [0.4, 0.5) is 0 Å². The molecule has 0 saturated carbocycles. The zero-order valence-electron chi connectivity index (χ0n) is 11.6. The molecule has 0 fully saturated rings. The number of benzene rings is 1. The van der Waals surface area contributed by atoms with E-state index >= 15 is 0 Å². The van der Waals surface area contributed by atoms with Crippen LogP contribution in [-0.2, 0) is 24.1 Å². The van der Waals surface area contributed by atoms with E-state index in [4.69, 9.17) is 5.73 Å². The van der Waals surface area contributed by atoms with E-state index in [2.05, 4.69) is 18.2 Å². The van der Waals surface area contributed by atoms with Crippen molar-refractivity contribution < 1.29 is 4.79 Å². The van der Waals surface area contributed by atoms with Gasteiger partial charge in [-0.15, -0.1) is 0 Å². The predicted molar refractivity (Wildman–Crippen MR) is 74.6 cm³/mol. The summed E-state index contributed by atoms with van der Waals surface area (Å²) in [6.07, 6.45) is 4.05. The molecule has 1 aromatic carbocycles. The fourth-order valence-electron chi connectivity index (χ4n) is 2.53. The molecule has 98 valence electrons. The molecule has 0 aliphatic heterocycles. The fraction of sp³-hybridized carbons (Fsp3) is 0.562. The van der Waals surface area contributed by atoms with Crippen LogP contribution in [0.15, 0.2) is 18.2 Å². The number of carbonyl (C=O) groups excluding carboxylic acids is 1. The molecule has 0 saturated heterocycles. The number of Topliss-reactive ketones (excluding diaryl/α,β-unsaturated/α-hetero) is 1. The molecule has 18 heavy (non-hydrogen) atoms. The first kappa shape index (κ1) is 13.3. The summed E-state index contributed by atoms with van der Waals surface area (Å²) in [6.45, 7) is 6.04. The molecule has 2 nitrogen and oxygen atoms in total. The molecule has 2 heteroatoms. The van der Waals surface area contributed by atoms with Crippen molar-refractivity contribution in [1.82, 2.24) is 0 Å². The number of fused-ring (bicyclic) bond motifs is 1. The molecule has 0 aromatic heterocycles. The minimum atomic E-state index is -0.384. The van der Waals surface area contributed by atoms with Crippen molar-refractivity contribution in [1.29, 1.82) is 0 Å². The summed E-state index contributed by atoms with van der Waals surface area (Å²) in [7, 11) is 0. The van der Waals surface area contributed by atoms with E-state index in [-0.39, 0.29) is 17.2 Å². The van der Waals surface area contributed by atoms with E-state index in [0.29, 0.717) is 6.42 Å². The Morgan fingerprint density at radius 3 is 2.61 bits per heavy atom. The van der Waals surface area contributed by atoms with Crippen LogP contribution in [0.3, 0.4) is 0 Å². The van der Waals surface area contributed by atoms with Gasteiger partial charge in [-0.05, 0) is 41.4 Å². The van der Waals surface area contributed by atoms with Crippen LogP contribution >= 0.6 is 0 Å². The normalized spacial score (nSPS) is 16.4. The Morgan fingerprint density at radius 1 is 1.28 bits per heavy atom. The molecule has 2 rings (SSSR count). The first-order valence-electron chi connectivity index (χ1n) is 6.77. The summed E-state index contributed by atoms with van der Waals surface area (Å²) in [5, 5.41) is 0. The molecule has 1 atom stereocenters. The van der Waals surface area contributed by atoms with Crippen LogP contribution in [0.25, 0.3) is 0 Å². The molecule has 0 amide bonds. The van der Waals surface area contributed by atoms with Crippen molar-refractivity contribution >= 4 is 5.78 Å². The van der Waals surface area contributed by atoms with Crippen molar-refractivity contribution in [3.05, 3.63) is 34.9 Å². The largest absolute Gasteiger partial charge is 0.321 e. The molecule has 1 aliphatic carbocycles. The van der Waals surface area contributed by atoms with E-state index in [0.717, 1.165) is 12.0 Å². The highest BCUT2D eigenvalue weighted by atomic mass is 16.1. The maximum absolute atomic E-state index is 12.1. The van der Waals surface area contributed by atoms with Crippen LogP contribution in [0.5, 0.6) is 0 Å². The minimum Gasteiger partial charge on any atom is -0.321 e. The van der Waals surface area contributed by atoms with Gasteiger partial charge < -0.3 is 5.73 Å². The number of nitrogens with two attached hydrogens (primary N) is 1. The van der Waals surface area contributed by atoms with Crippen LogP contribution in [0.1, 0.15) is 43.9 Å². The Balaban J connectivity index is 2.08. The Bertz CT molecular complexity index is 457. The fourth-order valence-corrected chi connectivity index (χ4v) is 2.53. The summed E-state index contributed by atoms with van der Waals surface area (Å²) in [6, 6.07) is 6.06. The average Bonchev–Trinajstić information content (AvgIpc) is 2.73. The van der Waals surface area contributed by atoms with E-state index < -0.39 is 0 Å². The summed E-state index contributed by atoms with van der Waals surface area (Å²) in [5.74, 6) is 0.139. The molecule has 0 radical (unpaired) electrons. The third kappa shape index (κ3) is 2.81. The summed E-state index contributed by atoms with van der Waals surface area (Å²) >= 11 is 0. The van der Waals surface area contributed by atoms with Crippen molar-refractivity contribution in [2.24, 2.45) is 11.1 Å². The lowest BCUT2D eigenvalue weighted by Gasteiger charge is -2.25. The summed E-state index contributed by atoms with van der Waals surface area (Å²) in [5.41, 5.74) is 9.83. The molecule has 1 aliphatic rings. The van der Waals surface area contributed by atoms with Gasteiger partial charge in [0.2, 0.25) is 0 Å². The number of ketones is 1. The van der Waals surface area contributed by atoms with Gasteiger partial charge in [0.15, 0.2) is 5.78 Å². The smallest absolute Gasteiger partial charge is 0.154 e. The van der Waals surface area contributed by atoms with Crippen LogP contribution in [0, 0.1) is 5.41 Å². The molecule has 1 unspecified atom stereocenters. The first-order chi connectivity index (χ1) is 8.38. The maximum Gasteiger partial charge on any atom is 0.154 e. The van der Waals surface area contributed by atoms with Crippen molar-refractivity contribution in [2.75, 3.05) is 0 Å². The monoisotopic (exact) mass is 245 g/mol. The number of hydrogen-bond acceptors (Lipinski definition) is 2. The average molecular weight is 245 g/mol. The van der Waals surface area contributed by atoms with Gasteiger partial charge in [-0.3, -0.25) is 4.79 Å². The van der Waals surface area contributed by atoms with Crippen LogP contribution < -0.4 is 5.73 Å². The lowest BCUT2D eigenvalue weighted by Crippen LogP contribution is -2.43. The van der Waals surface area contributed by atoms with Gasteiger partial charge in [0.1, 0.15) is 0 Å². The molecule has 0 bridgehead atoms. The summed E-state index contributed by atoms with van der Waals surface area (Å²) < 4.78 is 0. The van der Waals surface area contributed by atoms with Gasteiger partial charge in [-0.2, -0.15) is 0 Å². The number of hydrogen-bond donors (Lipinski definition) is 1. The second kappa shape index (κ2) is 4.85. The van der Waals surface area contributed by atoms with Gasteiger partial charge in [-0.25, -0.2) is 0 Å². The highest BCUT2D eigenvalue weighted by molar-refractivity contribution is 5.86. The third-order valence-corrected chi connectivity index (χ3v) is 3.82. The Kier molecular flexibility index (Phi) is 3.58. The lowest BCUT2D eigenvalue weighted by molar-refractivity contribution is -0.121. The molecule has 0 spiro atoms. The highest BCUT2D eigenvalue weighted by Crippen LogP contribution is 2.24. The van der Waals surface area contributed by atoms with Gasteiger partial charge in [0.25, 0.3) is 0 Å². The number of carbonyl (C=O) groups is 1. The summed E-state index contributed by atoms with van der Waals surface area (Å²) in [4.78, 5) is 12.1. The highest BCUT2D eigenvalue weighted by Gasteiger charge is 2.27. The van der Waals surface area contributed by atoms with Gasteiger partial charge in [0.05, 0.1) is 6.04 Å². The van der Waals surface area contributed by atoms with Crippen LogP contribution in [-0.4, -0.2) is 11.8 Å². The predicted octanol–water partition coefficient (Wildman–Crippen LogP) is 2.66. The van der Waals surface area contributed by atoms with Gasteiger partial charge in [0, 0.05) is 6.42 Å². The SMILES string of the molecule is CC(C)(C)C(N)C(=O)Cc1ccc2c(c1)CCC2. The topological polar surface area (TPSA) is 43.1 Å². The Hall–Kier alpha value is -1.15. The Labute approximate surface area is 110 Å². The van der Waals surface area contributed by atoms with Crippen LogP contribution in [0.2, 0.25) is 0 Å². The standard InChI is InChI=1S/C16H23NO/c1-16(2,3)15(17)14(18)10-11-7-8-12-5-4-6-13(12)9-11/h7-9,15H,4-6,10,17H2,1-3H3. The lowest BCUT2D eigenvalue weighted by atomic mass is 9.83.